The van der Waals surface area contributed by atoms with Crippen molar-refractivity contribution in [1.82, 2.24) is 14.9 Å². The van der Waals surface area contributed by atoms with Crippen LogP contribution in [0.4, 0.5) is 5.69 Å². The fourth-order valence-electron chi connectivity index (χ4n) is 5.89. The van der Waals surface area contributed by atoms with Crippen molar-refractivity contribution in [1.29, 1.82) is 0 Å². The smallest absolute Gasteiger partial charge is 0.308 e. The first-order valence-electron chi connectivity index (χ1n) is 14.2. The summed E-state index contributed by atoms with van der Waals surface area (Å²) in [6.45, 7) is 3.72. The third-order valence-electron chi connectivity index (χ3n) is 7.97. The van der Waals surface area contributed by atoms with Gasteiger partial charge in [-0.2, -0.15) is 0 Å². The zero-order valence-electron chi connectivity index (χ0n) is 23.3. The molecule has 0 saturated carbocycles. The first-order chi connectivity index (χ1) is 20.0. The molecule has 1 aromatic heterocycles. The van der Waals surface area contributed by atoms with Gasteiger partial charge in [0.1, 0.15) is 5.82 Å². The number of carbonyl (C=O) groups is 2. The molecule has 0 spiro atoms. The summed E-state index contributed by atoms with van der Waals surface area (Å²) in [5, 5.41) is 10.5. The number of carboxylic acids is 1. The van der Waals surface area contributed by atoms with Gasteiger partial charge in [-0.3, -0.25) is 14.5 Å². The Morgan fingerprint density at radius 2 is 1.90 bits per heavy atom. The van der Waals surface area contributed by atoms with Crippen LogP contribution in [0.15, 0.2) is 60.9 Å². The van der Waals surface area contributed by atoms with E-state index < -0.39 is 11.9 Å². The predicted octanol–water partition coefficient (Wildman–Crippen LogP) is 3.60. The lowest BCUT2D eigenvalue weighted by Crippen LogP contribution is -2.44. The minimum Gasteiger partial charge on any atom is -0.481 e. The van der Waals surface area contributed by atoms with Crippen molar-refractivity contribution >= 4 is 17.6 Å². The number of fused-ring (bicyclic) bond motifs is 1. The van der Waals surface area contributed by atoms with Gasteiger partial charge >= 0.3 is 5.97 Å². The van der Waals surface area contributed by atoms with Crippen molar-refractivity contribution < 1.29 is 24.2 Å². The van der Waals surface area contributed by atoms with Crippen LogP contribution < -0.4 is 20.1 Å². The Morgan fingerprint density at radius 1 is 1.10 bits per heavy atom. The number of likely N-dealkylation sites (tertiary alicyclic amines) is 1. The van der Waals surface area contributed by atoms with E-state index in [1.807, 2.05) is 52.3 Å². The summed E-state index contributed by atoms with van der Waals surface area (Å²) < 4.78 is 11.1. The molecule has 1 fully saturated rings. The summed E-state index contributed by atoms with van der Waals surface area (Å²) in [4.78, 5) is 39.3. The van der Waals surface area contributed by atoms with E-state index in [0.717, 1.165) is 29.7 Å². The van der Waals surface area contributed by atoms with Crippen LogP contribution in [0.5, 0.6) is 11.5 Å². The molecule has 1 amide bonds. The molecular formula is C31H37N5O5. The molecule has 3 heterocycles. The average molecular weight is 560 g/mol. The molecule has 5 rings (SSSR count). The van der Waals surface area contributed by atoms with Gasteiger partial charge in [0.2, 0.25) is 12.7 Å². The van der Waals surface area contributed by atoms with Crippen molar-refractivity contribution in [2.45, 2.75) is 51.1 Å². The molecule has 2 aliphatic heterocycles. The number of nitrogens with two attached hydrogens (primary N) is 1. The number of amides is 1. The van der Waals surface area contributed by atoms with Crippen LogP contribution in [0.25, 0.3) is 0 Å². The van der Waals surface area contributed by atoms with E-state index in [-0.39, 0.29) is 31.2 Å². The summed E-state index contributed by atoms with van der Waals surface area (Å²) in [6.07, 6.45) is 6.17. The van der Waals surface area contributed by atoms with Crippen LogP contribution in [-0.2, 0) is 22.6 Å². The minimum absolute atomic E-state index is 0.0657. The summed E-state index contributed by atoms with van der Waals surface area (Å²) in [5.74, 6) is -0.102. The fourth-order valence-corrected chi connectivity index (χ4v) is 5.89. The highest BCUT2D eigenvalue weighted by molar-refractivity contribution is 5.95. The molecule has 0 bridgehead atoms. The quantitative estimate of drug-likeness (QED) is 0.342. The molecule has 1 saturated heterocycles. The number of anilines is 1. The third kappa shape index (κ3) is 6.49. The van der Waals surface area contributed by atoms with Crippen LogP contribution in [0.1, 0.15) is 49.1 Å². The van der Waals surface area contributed by atoms with E-state index in [1.165, 1.54) is 0 Å². The number of carboxylic acid groups (broad SMARTS) is 1. The molecule has 1 unspecified atom stereocenters. The number of aliphatic carboxylic acids is 1. The van der Waals surface area contributed by atoms with E-state index in [4.69, 9.17) is 15.2 Å². The lowest BCUT2D eigenvalue weighted by Gasteiger charge is -2.30. The van der Waals surface area contributed by atoms with Gasteiger partial charge in [-0.25, -0.2) is 9.97 Å². The maximum atomic E-state index is 13.9. The monoisotopic (exact) mass is 559 g/mol. The number of hydrogen-bond acceptors (Lipinski definition) is 8. The second kappa shape index (κ2) is 13.1. The highest BCUT2D eigenvalue weighted by Gasteiger charge is 2.47. The molecular weight excluding hydrogens is 522 g/mol. The summed E-state index contributed by atoms with van der Waals surface area (Å²) in [6, 6.07) is 14.7. The Kier molecular flexibility index (Phi) is 9.11. The molecule has 0 aliphatic carbocycles. The zero-order chi connectivity index (χ0) is 28.8. The van der Waals surface area contributed by atoms with Crippen molar-refractivity contribution in [3.63, 3.8) is 0 Å². The van der Waals surface area contributed by atoms with Crippen molar-refractivity contribution in [2.75, 3.05) is 31.3 Å². The van der Waals surface area contributed by atoms with E-state index in [9.17, 15) is 14.7 Å². The Balaban J connectivity index is 1.44. The highest BCUT2D eigenvalue weighted by atomic mass is 16.7. The number of aryl methyl sites for hydroxylation is 1. The van der Waals surface area contributed by atoms with Crippen LogP contribution >= 0.6 is 0 Å². The number of aromatic nitrogens is 2. The summed E-state index contributed by atoms with van der Waals surface area (Å²) >= 11 is 0. The van der Waals surface area contributed by atoms with Gasteiger partial charge in [0.25, 0.3) is 0 Å². The number of rotatable bonds is 12. The molecule has 3 N–H and O–H groups in total. The molecule has 3 atom stereocenters. The Hall–Kier alpha value is -4.02. The lowest BCUT2D eigenvalue weighted by molar-refractivity contribution is -0.143. The fraction of sp³-hybridized carbons (Fsp3) is 0.419. The predicted molar refractivity (Wildman–Crippen MR) is 154 cm³/mol. The number of benzene rings is 2. The van der Waals surface area contributed by atoms with Crippen LogP contribution in [0.2, 0.25) is 0 Å². The zero-order valence-corrected chi connectivity index (χ0v) is 23.3. The van der Waals surface area contributed by atoms with Gasteiger partial charge in [-0.05, 0) is 54.3 Å². The van der Waals surface area contributed by atoms with Crippen LogP contribution in [-0.4, -0.2) is 64.3 Å². The second-order valence-corrected chi connectivity index (χ2v) is 10.6. The number of unbranched alkanes of at least 4 members (excludes halogenated alkanes) is 1. The molecule has 2 aliphatic rings. The SMILES string of the molecule is CCCCN(C(=O)CN1C[C@H](c2ccc3c(c2)OCO3)C(C(=O)O)[C@@H]1CCc1ncccn1)c1cccc(CN)c1. The molecule has 0 radical (unpaired) electrons. The molecule has 3 aromatic rings. The standard InChI is InChI=1S/C31H37N5O5/c1-2-3-14-36(23-7-4-6-21(15-23)17-32)29(37)19-35-18-24(22-8-10-26-27(16-22)41-20-40-26)30(31(38)39)25(35)9-11-28-33-12-5-13-34-28/h4-8,10,12-13,15-16,24-25,30H,2-3,9,11,14,17-20,32H2,1H3,(H,38,39)/t24-,25+,30?/m1/s1. The molecule has 10 heteroatoms. The van der Waals surface area contributed by atoms with Gasteiger partial charge in [-0.1, -0.05) is 31.5 Å². The third-order valence-corrected chi connectivity index (χ3v) is 7.97. The first-order valence-corrected chi connectivity index (χ1v) is 14.2. The van der Waals surface area contributed by atoms with Crippen LogP contribution in [0.3, 0.4) is 0 Å². The van der Waals surface area contributed by atoms with Gasteiger partial charge < -0.3 is 25.2 Å². The van der Waals surface area contributed by atoms with E-state index >= 15 is 0 Å². The number of hydrogen-bond donors (Lipinski definition) is 2. The summed E-state index contributed by atoms with van der Waals surface area (Å²) in [5.41, 5.74) is 8.50. The highest BCUT2D eigenvalue weighted by Crippen LogP contribution is 2.43. The largest absolute Gasteiger partial charge is 0.481 e. The lowest BCUT2D eigenvalue weighted by atomic mass is 9.83. The van der Waals surface area contributed by atoms with E-state index in [0.29, 0.717) is 49.8 Å². The van der Waals surface area contributed by atoms with Gasteiger partial charge in [0.05, 0.1) is 12.5 Å². The Labute approximate surface area is 240 Å². The summed E-state index contributed by atoms with van der Waals surface area (Å²) in [7, 11) is 0. The topological polar surface area (TPSA) is 131 Å². The van der Waals surface area contributed by atoms with Crippen LogP contribution in [0, 0.1) is 5.92 Å². The van der Waals surface area contributed by atoms with Crippen molar-refractivity contribution in [3.05, 3.63) is 77.9 Å². The maximum Gasteiger partial charge on any atom is 0.308 e. The van der Waals surface area contributed by atoms with Gasteiger partial charge in [0.15, 0.2) is 11.5 Å². The van der Waals surface area contributed by atoms with Gasteiger partial charge in [-0.15, -0.1) is 0 Å². The molecule has 2 aromatic carbocycles. The molecule has 10 nitrogen and oxygen atoms in total. The normalized spacial score (nSPS) is 19.8. The van der Waals surface area contributed by atoms with E-state index in [2.05, 4.69) is 16.9 Å². The van der Waals surface area contributed by atoms with Crippen molar-refractivity contribution in [2.24, 2.45) is 11.7 Å². The maximum absolute atomic E-state index is 13.9. The second-order valence-electron chi connectivity index (χ2n) is 10.6. The minimum atomic E-state index is -0.889. The average Bonchev–Trinajstić information content (AvgIpc) is 3.61. The first kappa shape index (κ1) is 28.5. The Bertz CT molecular complexity index is 1350. The van der Waals surface area contributed by atoms with Gasteiger partial charge in [0, 0.05) is 56.1 Å². The molecule has 216 valence electrons. The number of ether oxygens (including phenoxy) is 2. The number of nitrogens with zero attached hydrogens (tertiary/aromatic N) is 4. The van der Waals surface area contributed by atoms with Crippen molar-refractivity contribution in [3.8, 4) is 11.5 Å². The molecule has 41 heavy (non-hydrogen) atoms. The number of carbonyl (C=O) groups excluding carboxylic acids is 1. The Morgan fingerprint density at radius 3 is 2.66 bits per heavy atom. The van der Waals surface area contributed by atoms with E-state index in [1.54, 1.807) is 18.5 Å².